The number of fused-ring (bicyclic) bond motifs is 1. The molecule has 0 saturated heterocycles. The van der Waals surface area contributed by atoms with E-state index in [-0.39, 0.29) is 17.3 Å². The number of hydrogen-bond acceptors (Lipinski definition) is 4. The standard InChI is InChI=1S/C19H14Cl2O4/c1-10-7-14(24-19(23)11(2)20)9-15-17(10)18(22)16(25-15)8-12-3-5-13(21)6-4-12/h3-9,11H,1-2H3/b16-8-. The SMILES string of the molecule is Cc1cc(OC(=O)C(C)Cl)cc2c1C(=O)/C(=C/c1ccc(Cl)cc1)O2. The topological polar surface area (TPSA) is 52.6 Å². The Bertz CT molecular complexity index is 883. The van der Waals surface area contributed by atoms with Crippen molar-refractivity contribution in [2.75, 3.05) is 0 Å². The van der Waals surface area contributed by atoms with Crippen LogP contribution in [0.2, 0.25) is 5.02 Å². The number of carbonyl (C=O) groups excluding carboxylic acids is 2. The van der Waals surface area contributed by atoms with Crippen LogP contribution in [0.25, 0.3) is 6.08 Å². The van der Waals surface area contributed by atoms with E-state index in [9.17, 15) is 9.59 Å². The zero-order valence-corrected chi connectivity index (χ0v) is 15.0. The lowest BCUT2D eigenvalue weighted by atomic mass is 10.0. The van der Waals surface area contributed by atoms with Crippen molar-refractivity contribution in [3.8, 4) is 11.5 Å². The monoisotopic (exact) mass is 376 g/mol. The minimum absolute atomic E-state index is 0.203. The maximum atomic E-state index is 12.6. The number of carbonyl (C=O) groups is 2. The molecule has 2 aromatic carbocycles. The predicted octanol–water partition coefficient (Wildman–Crippen LogP) is 4.80. The molecule has 4 nitrogen and oxygen atoms in total. The first-order valence-corrected chi connectivity index (χ1v) is 8.37. The second kappa shape index (κ2) is 6.90. The molecular weight excluding hydrogens is 363 g/mol. The smallest absolute Gasteiger partial charge is 0.329 e. The third kappa shape index (κ3) is 3.70. The number of aryl methyl sites for hydroxylation is 1. The van der Waals surface area contributed by atoms with E-state index in [1.54, 1.807) is 43.3 Å². The quantitative estimate of drug-likeness (QED) is 0.334. The summed E-state index contributed by atoms with van der Waals surface area (Å²) in [6.07, 6.45) is 1.64. The molecule has 128 valence electrons. The summed E-state index contributed by atoms with van der Waals surface area (Å²) in [5.41, 5.74) is 1.91. The van der Waals surface area contributed by atoms with Crippen molar-refractivity contribution < 1.29 is 19.1 Å². The van der Waals surface area contributed by atoms with Crippen LogP contribution in [0.5, 0.6) is 11.5 Å². The molecule has 1 heterocycles. The molecule has 0 amide bonds. The number of halogens is 2. The molecule has 0 bridgehead atoms. The van der Waals surface area contributed by atoms with E-state index in [4.69, 9.17) is 32.7 Å². The number of Topliss-reactive ketones (excluding diaryl/α,β-unsaturated/α-hetero) is 1. The highest BCUT2D eigenvalue weighted by molar-refractivity contribution is 6.30. The molecule has 0 fully saturated rings. The average molecular weight is 377 g/mol. The Morgan fingerprint density at radius 3 is 2.56 bits per heavy atom. The highest BCUT2D eigenvalue weighted by atomic mass is 35.5. The number of ether oxygens (including phenoxy) is 2. The van der Waals surface area contributed by atoms with Gasteiger partial charge in [0.05, 0.1) is 5.56 Å². The zero-order valence-electron chi connectivity index (χ0n) is 13.5. The lowest BCUT2D eigenvalue weighted by molar-refractivity contribution is -0.133. The number of hydrogen-bond donors (Lipinski definition) is 0. The van der Waals surface area contributed by atoms with Gasteiger partial charge in [0.15, 0.2) is 5.76 Å². The highest BCUT2D eigenvalue weighted by Crippen LogP contribution is 2.37. The Morgan fingerprint density at radius 1 is 1.24 bits per heavy atom. The summed E-state index contributed by atoms with van der Waals surface area (Å²) in [4.78, 5) is 24.2. The lowest BCUT2D eigenvalue weighted by Crippen LogP contribution is -2.17. The predicted molar refractivity (Wildman–Crippen MR) is 96.5 cm³/mol. The van der Waals surface area contributed by atoms with E-state index < -0.39 is 11.3 Å². The Hall–Kier alpha value is -2.30. The molecule has 6 heteroatoms. The van der Waals surface area contributed by atoms with Gasteiger partial charge in [0.25, 0.3) is 0 Å². The molecule has 0 N–H and O–H groups in total. The summed E-state index contributed by atoms with van der Waals surface area (Å²) in [5, 5.41) is -0.156. The van der Waals surface area contributed by atoms with E-state index in [0.29, 0.717) is 21.9 Å². The van der Waals surface area contributed by atoms with Crippen LogP contribution in [0.4, 0.5) is 0 Å². The average Bonchev–Trinajstić information content (AvgIpc) is 2.85. The van der Waals surface area contributed by atoms with Crippen molar-refractivity contribution in [2.24, 2.45) is 0 Å². The van der Waals surface area contributed by atoms with Crippen molar-refractivity contribution in [1.82, 2.24) is 0 Å². The number of allylic oxidation sites excluding steroid dienone is 1. The Kier molecular flexibility index (Phi) is 4.84. The van der Waals surface area contributed by atoms with E-state index in [0.717, 1.165) is 5.56 Å². The van der Waals surface area contributed by atoms with Crippen LogP contribution in [0.15, 0.2) is 42.2 Å². The highest BCUT2D eigenvalue weighted by Gasteiger charge is 2.30. The summed E-state index contributed by atoms with van der Waals surface area (Å²) >= 11 is 11.6. The second-order valence-electron chi connectivity index (χ2n) is 5.64. The number of esters is 1. The van der Waals surface area contributed by atoms with Gasteiger partial charge in [-0.05, 0) is 49.2 Å². The lowest BCUT2D eigenvalue weighted by Gasteiger charge is -2.08. The number of ketones is 1. The van der Waals surface area contributed by atoms with Crippen molar-refractivity contribution in [3.63, 3.8) is 0 Å². The molecule has 0 aromatic heterocycles. The molecule has 0 spiro atoms. The Morgan fingerprint density at radius 2 is 1.92 bits per heavy atom. The van der Waals surface area contributed by atoms with Crippen molar-refractivity contribution in [3.05, 3.63) is 63.9 Å². The van der Waals surface area contributed by atoms with Crippen LogP contribution in [-0.4, -0.2) is 17.1 Å². The summed E-state index contributed by atoms with van der Waals surface area (Å²) in [6.45, 7) is 3.28. The molecule has 1 aliphatic rings. The largest absolute Gasteiger partial charge is 0.452 e. The summed E-state index contributed by atoms with van der Waals surface area (Å²) in [5.74, 6) is 0.0625. The van der Waals surface area contributed by atoms with Crippen LogP contribution in [0.1, 0.15) is 28.4 Å². The first-order valence-electron chi connectivity index (χ1n) is 7.55. The van der Waals surface area contributed by atoms with Gasteiger partial charge < -0.3 is 9.47 Å². The molecule has 2 aromatic rings. The molecule has 0 aliphatic carbocycles. The summed E-state index contributed by atoms with van der Waals surface area (Å²) in [6, 6.07) is 10.2. The molecule has 0 radical (unpaired) electrons. The van der Waals surface area contributed by atoms with Gasteiger partial charge in [-0.15, -0.1) is 11.6 Å². The third-order valence-corrected chi connectivity index (χ3v) is 4.08. The first kappa shape index (κ1) is 17.5. The van der Waals surface area contributed by atoms with Gasteiger partial charge in [0.2, 0.25) is 5.78 Å². The van der Waals surface area contributed by atoms with Gasteiger partial charge in [0, 0.05) is 11.1 Å². The van der Waals surface area contributed by atoms with Gasteiger partial charge in [-0.25, -0.2) is 0 Å². The van der Waals surface area contributed by atoms with E-state index >= 15 is 0 Å². The molecule has 25 heavy (non-hydrogen) atoms. The fraction of sp³-hybridized carbons (Fsp3) is 0.158. The number of rotatable bonds is 3. The van der Waals surface area contributed by atoms with Gasteiger partial charge in [-0.2, -0.15) is 0 Å². The first-order chi connectivity index (χ1) is 11.8. The van der Waals surface area contributed by atoms with E-state index in [2.05, 4.69) is 0 Å². The molecular formula is C19H14Cl2O4. The molecule has 3 rings (SSSR count). The van der Waals surface area contributed by atoms with Crippen molar-refractivity contribution >= 4 is 41.0 Å². The second-order valence-corrected chi connectivity index (χ2v) is 6.73. The van der Waals surface area contributed by atoms with Gasteiger partial charge in [-0.3, -0.25) is 9.59 Å². The van der Waals surface area contributed by atoms with Crippen LogP contribution in [0, 0.1) is 6.92 Å². The molecule has 1 aliphatic heterocycles. The molecule has 1 atom stereocenters. The van der Waals surface area contributed by atoms with Crippen molar-refractivity contribution in [2.45, 2.75) is 19.2 Å². The Balaban J connectivity index is 1.91. The van der Waals surface area contributed by atoms with Gasteiger partial charge >= 0.3 is 5.97 Å². The van der Waals surface area contributed by atoms with Crippen molar-refractivity contribution in [1.29, 1.82) is 0 Å². The Labute approximate surface area is 155 Å². The van der Waals surface area contributed by atoms with Gasteiger partial charge in [-0.1, -0.05) is 23.7 Å². The van der Waals surface area contributed by atoms with Crippen LogP contribution >= 0.6 is 23.2 Å². The summed E-state index contributed by atoms with van der Waals surface area (Å²) < 4.78 is 10.9. The maximum Gasteiger partial charge on any atom is 0.329 e. The minimum atomic E-state index is -0.767. The van der Waals surface area contributed by atoms with Gasteiger partial charge in [0.1, 0.15) is 16.9 Å². The molecule has 0 saturated carbocycles. The summed E-state index contributed by atoms with van der Waals surface area (Å²) in [7, 11) is 0. The van der Waals surface area contributed by atoms with Crippen LogP contribution in [-0.2, 0) is 4.79 Å². The normalized spacial score (nSPS) is 15.7. The molecule has 1 unspecified atom stereocenters. The number of alkyl halides is 1. The van der Waals surface area contributed by atoms with Crippen LogP contribution in [0.3, 0.4) is 0 Å². The third-order valence-electron chi connectivity index (χ3n) is 3.65. The van der Waals surface area contributed by atoms with E-state index in [1.807, 2.05) is 0 Å². The minimum Gasteiger partial charge on any atom is -0.452 e. The van der Waals surface area contributed by atoms with E-state index in [1.165, 1.54) is 13.0 Å². The fourth-order valence-electron chi connectivity index (χ4n) is 2.44. The van der Waals surface area contributed by atoms with Crippen LogP contribution < -0.4 is 9.47 Å². The fourth-order valence-corrected chi connectivity index (χ4v) is 2.61. The number of benzene rings is 2. The maximum absolute atomic E-state index is 12.6. The zero-order chi connectivity index (χ0) is 18.1.